The number of benzene rings is 2. The maximum absolute atomic E-state index is 12.2. The molecule has 0 heterocycles. The van der Waals surface area contributed by atoms with Gasteiger partial charge in [0.05, 0.1) is 19.6 Å². The molecule has 0 aliphatic heterocycles. The lowest BCUT2D eigenvalue weighted by atomic mass is 9.98. The molecule has 0 unspecified atom stereocenters. The van der Waals surface area contributed by atoms with Crippen LogP contribution in [0.25, 0.3) is 11.1 Å². The average molecular weight is 481 g/mol. The summed E-state index contributed by atoms with van der Waals surface area (Å²) in [6, 6.07) is 16.3. The first-order valence-corrected chi connectivity index (χ1v) is 12.2. The molecule has 2 amide bonds. The number of carboxylic acid groups (broad SMARTS) is 1. The molecule has 35 heavy (non-hydrogen) atoms. The van der Waals surface area contributed by atoms with Gasteiger partial charge in [-0.15, -0.1) is 0 Å². The lowest BCUT2D eigenvalue weighted by Crippen LogP contribution is -2.38. The number of ether oxygens (including phenoxy) is 2. The smallest absolute Gasteiger partial charge is 0.407 e. The van der Waals surface area contributed by atoms with Crippen LogP contribution >= 0.6 is 0 Å². The van der Waals surface area contributed by atoms with E-state index < -0.39 is 12.1 Å². The van der Waals surface area contributed by atoms with Crippen LogP contribution in [0.2, 0.25) is 0 Å². The molecule has 2 aliphatic carbocycles. The number of amides is 2. The molecule has 0 spiro atoms. The second-order valence-corrected chi connectivity index (χ2v) is 9.08. The van der Waals surface area contributed by atoms with Crippen LogP contribution in [0, 0.1) is 5.92 Å². The van der Waals surface area contributed by atoms with Gasteiger partial charge in [0, 0.05) is 24.9 Å². The summed E-state index contributed by atoms with van der Waals surface area (Å²) in [7, 11) is 0. The van der Waals surface area contributed by atoms with Crippen molar-refractivity contribution in [2.24, 2.45) is 5.92 Å². The Morgan fingerprint density at radius 3 is 2.31 bits per heavy atom. The Kier molecular flexibility index (Phi) is 8.36. The molecule has 4 rings (SSSR count). The number of fused-ring (bicyclic) bond motifs is 3. The zero-order valence-electron chi connectivity index (χ0n) is 19.7. The third-order valence-electron chi connectivity index (χ3n) is 6.78. The van der Waals surface area contributed by atoms with Crippen LogP contribution in [0.15, 0.2) is 48.5 Å². The predicted molar refractivity (Wildman–Crippen MR) is 130 cm³/mol. The molecule has 186 valence electrons. The van der Waals surface area contributed by atoms with Gasteiger partial charge in [0.1, 0.15) is 6.61 Å². The summed E-state index contributed by atoms with van der Waals surface area (Å²) in [4.78, 5) is 35.2. The molecule has 2 aliphatic rings. The zero-order chi connectivity index (χ0) is 24.6. The highest BCUT2D eigenvalue weighted by molar-refractivity contribution is 5.79. The van der Waals surface area contributed by atoms with Crippen molar-refractivity contribution in [2.45, 2.75) is 44.1 Å². The van der Waals surface area contributed by atoms with Crippen molar-refractivity contribution >= 4 is 18.0 Å². The van der Waals surface area contributed by atoms with Gasteiger partial charge in [-0.3, -0.25) is 9.59 Å². The van der Waals surface area contributed by atoms with Gasteiger partial charge in [-0.05, 0) is 41.0 Å². The molecule has 1 fully saturated rings. The minimum atomic E-state index is -0.830. The summed E-state index contributed by atoms with van der Waals surface area (Å²) in [6.45, 7) is 1.03. The number of carboxylic acids is 1. The van der Waals surface area contributed by atoms with Crippen LogP contribution in [-0.2, 0) is 19.1 Å². The van der Waals surface area contributed by atoms with E-state index in [0.29, 0.717) is 0 Å². The number of hydrogen-bond donors (Lipinski definition) is 3. The Morgan fingerprint density at radius 1 is 0.943 bits per heavy atom. The molecule has 2 aromatic carbocycles. The Labute approximate surface area is 205 Å². The van der Waals surface area contributed by atoms with Crippen molar-refractivity contribution in [2.75, 3.05) is 26.4 Å². The first kappa shape index (κ1) is 24.7. The van der Waals surface area contributed by atoms with E-state index in [2.05, 4.69) is 34.9 Å². The van der Waals surface area contributed by atoms with Gasteiger partial charge in [-0.25, -0.2) is 4.79 Å². The second kappa shape index (κ2) is 11.8. The average Bonchev–Trinajstić information content (AvgIpc) is 3.41. The van der Waals surface area contributed by atoms with Crippen LogP contribution in [0.3, 0.4) is 0 Å². The SMILES string of the molecule is O=C(O)C[C@@H]1CCC[C@H]1NC(=O)CCOCCNC(=O)OCC1c2ccccc2-c2ccccc21. The number of rotatable bonds is 11. The van der Waals surface area contributed by atoms with Crippen LogP contribution in [0.1, 0.15) is 49.1 Å². The van der Waals surface area contributed by atoms with E-state index in [-0.39, 0.29) is 63.0 Å². The number of alkyl carbamates (subject to hydrolysis) is 1. The molecule has 1 saturated carbocycles. The first-order valence-electron chi connectivity index (χ1n) is 12.2. The van der Waals surface area contributed by atoms with Crippen LogP contribution in [-0.4, -0.2) is 55.5 Å². The first-order chi connectivity index (χ1) is 17.0. The van der Waals surface area contributed by atoms with Crippen molar-refractivity contribution in [3.63, 3.8) is 0 Å². The van der Waals surface area contributed by atoms with Gasteiger partial charge in [0.15, 0.2) is 0 Å². The minimum Gasteiger partial charge on any atom is -0.481 e. The monoisotopic (exact) mass is 480 g/mol. The summed E-state index contributed by atoms with van der Waals surface area (Å²) in [5.41, 5.74) is 4.68. The number of carbonyl (C=O) groups is 3. The van der Waals surface area contributed by atoms with Crippen LogP contribution in [0.4, 0.5) is 4.79 Å². The Hall–Kier alpha value is -3.39. The summed E-state index contributed by atoms with van der Waals surface area (Å²) < 4.78 is 10.9. The van der Waals surface area contributed by atoms with Gasteiger partial charge in [0.25, 0.3) is 0 Å². The quantitative estimate of drug-likeness (QED) is 0.423. The van der Waals surface area contributed by atoms with Crippen molar-refractivity contribution < 1.29 is 29.0 Å². The predicted octanol–water partition coefficient (Wildman–Crippen LogP) is 3.69. The highest BCUT2D eigenvalue weighted by Gasteiger charge is 2.30. The molecule has 8 nitrogen and oxygen atoms in total. The van der Waals surface area contributed by atoms with E-state index >= 15 is 0 Å². The standard InChI is InChI=1S/C27H32N2O6/c30-25(29-24-11-5-6-18(24)16-26(31)32)12-14-34-15-13-28-27(33)35-17-23-21-9-3-1-7-19(21)20-8-2-4-10-22(20)23/h1-4,7-10,18,23-24H,5-6,11-17H2,(H,28,33)(H,29,30)(H,31,32)/t18-,24+/m0/s1. The van der Waals surface area contributed by atoms with Crippen molar-refractivity contribution in [3.05, 3.63) is 59.7 Å². The number of hydrogen-bond acceptors (Lipinski definition) is 5. The van der Waals surface area contributed by atoms with E-state index in [4.69, 9.17) is 14.6 Å². The lowest BCUT2D eigenvalue weighted by molar-refractivity contribution is -0.138. The maximum Gasteiger partial charge on any atom is 0.407 e. The van der Waals surface area contributed by atoms with E-state index in [1.54, 1.807) is 0 Å². The largest absolute Gasteiger partial charge is 0.481 e. The molecule has 0 bridgehead atoms. The second-order valence-electron chi connectivity index (χ2n) is 9.08. The normalized spacial score (nSPS) is 18.5. The molecule has 0 radical (unpaired) electrons. The van der Waals surface area contributed by atoms with Crippen molar-refractivity contribution in [1.82, 2.24) is 10.6 Å². The van der Waals surface area contributed by atoms with Crippen molar-refractivity contribution in [3.8, 4) is 11.1 Å². The highest BCUT2D eigenvalue weighted by atomic mass is 16.5. The number of carbonyl (C=O) groups excluding carboxylic acids is 2. The van der Waals surface area contributed by atoms with Gasteiger partial charge in [-0.1, -0.05) is 55.0 Å². The summed E-state index contributed by atoms with van der Waals surface area (Å²) in [5, 5.41) is 14.6. The number of nitrogens with one attached hydrogen (secondary N) is 2. The maximum atomic E-state index is 12.2. The van der Waals surface area contributed by atoms with E-state index in [0.717, 1.165) is 30.4 Å². The molecule has 0 saturated heterocycles. The van der Waals surface area contributed by atoms with E-state index in [9.17, 15) is 14.4 Å². The van der Waals surface area contributed by atoms with Crippen LogP contribution < -0.4 is 10.6 Å². The molecule has 0 aromatic heterocycles. The van der Waals surface area contributed by atoms with E-state index in [1.165, 1.54) is 11.1 Å². The summed E-state index contributed by atoms with van der Waals surface area (Å²) in [5.74, 6) is -0.961. The molecule has 3 N–H and O–H groups in total. The number of aliphatic carboxylic acids is 1. The zero-order valence-corrected chi connectivity index (χ0v) is 19.7. The third kappa shape index (κ3) is 6.39. The Bertz CT molecular complexity index is 1010. The van der Waals surface area contributed by atoms with E-state index in [1.807, 2.05) is 24.3 Å². The van der Waals surface area contributed by atoms with Crippen LogP contribution in [0.5, 0.6) is 0 Å². The fourth-order valence-corrected chi connectivity index (χ4v) is 5.12. The highest BCUT2D eigenvalue weighted by Crippen LogP contribution is 2.44. The van der Waals surface area contributed by atoms with Gasteiger partial charge >= 0.3 is 12.1 Å². The Morgan fingerprint density at radius 2 is 1.63 bits per heavy atom. The van der Waals surface area contributed by atoms with Gasteiger partial charge in [0.2, 0.25) is 5.91 Å². The fraction of sp³-hybridized carbons (Fsp3) is 0.444. The minimum absolute atomic E-state index is 0.00114. The molecular weight excluding hydrogens is 448 g/mol. The molecule has 2 aromatic rings. The summed E-state index contributed by atoms with van der Waals surface area (Å²) in [6.07, 6.45) is 2.36. The fourth-order valence-electron chi connectivity index (χ4n) is 5.12. The summed E-state index contributed by atoms with van der Waals surface area (Å²) >= 11 is 0. The lowest BCUT2D eigenvalue weighted by Gasteiger charge is -2.19. The molecular formula is C27H32N2O6. The van der Waals surface area contributed by atoms with Crippen molar-refractivity contribution in [1.29, 1.82) is 0 Å². The molecule has 2 atom stereocenters. The van der Waals surface area contributed by atoms with Gasteiger partial charge in [-0.2, -0.15) is 0 Å². The third-order valence-corrected chi connectivity index (χ3v) is 6.78. The molecule has 8 heteroatoms. The Balaban J connectivity index is 1.11. The van der Waals surface area contributed by atoms with Gasteiger partial charge < -0.3 is 25.2 Å². The topological polar surface area (TPSA) is 114 Å².